The summed E-state index contributed by atoms with van der Waals surface area (Å²) in [6.45, 7) is 14.7. The highest BCUT2D eigenvalue weighted by Gasteiger charge is 2.27. The number of ether oxygens (including phenoxy) is 2. The van der Waals surface area contributed by atoms with Crippen molar-refractivity contribution < 1.29 is 23.9 Å². The van der Waals surface area contributed by atoms with Crippen molar-refractivity contribution in [2.75, 3.05) is 52.4 Å². The minimum atomic E-state index is -0.680. The molecule has 0 atom stereocenters. The maximum atomic E-state index is 13.5. The average Bonchev–Trinajstić information content (AvgIpc) is 3.15. The van der Waals surface area contributed by atoms with Crippen LogP contribution < -0.4 is 0 Å². The molecular formula is C46H56N4O5. The zero-order chi connectivity index (χ0) is 39.4. The summed E-state index contributed by atoms with van der Waals surface area (Å²) in [6, 6.07) is 40.3. The molecule has 0 saturated carbocycles. The normalized spacial score (nSPS) is 15.0. The van der Waals surface area contributed by atoms with Crippen molar-refractivity contribution in [3.8, 4) is 0 Å². The number of hydrogen-bond acceptors (Lipinski definition) is 6. The molecule has 1 saturated heterocycles. The fourth-order valence-electron chi connectivity index (χ4n) is 6.51. The molecule has 0 bridgehead atoms. The van der Waals surface area contributed by atoms with Crippen LogP contribution in [0.2, 0.25) is 0 Å². The molecule has 9 heteroatoms. The Morgan fingerprint density at radius 3 is 1.25 bits per heavy atom. The predicted octanol–water partition coefficient (Wildman–Crippen LogP) is 8.44. The second kappa shape index (κ2) is 18.8. The maximum absolute atomic E-state index is 13.5. The minimum absolute atomic E-state index is 0.244. The molecule has 0 N–H and O–H groups in total. The van der Waals surface area contributed by atoms with Gasteiger partial charge >= 0.3 is 12.2 Å². The van der Waals surface area contributed by atoms with Gasteiger partial charge < -0.3 is 24.2 Å². The summed E-state index contributed by atoms with van der Waals surface area (Å²) in [5.41, 5.74) is 6.56. The molecule has 9 nitrogen and oxygen atoms in total. The molecule has 0 aliphatic carbocycles. The molecule has 0 aromatic heterocycles. The maximum Gasteiger partial charge on any atom is 0.410 e. The Hall–Kier alpha value is -5.41. The van der Waals surface area contributed by atoms with Crippen LogP contribution in [0.4, 0.5) is 9.59 Å². The second-order valence-corrected chi connectivity index (χ2v) is 15.9. The Bertz CT molecular complexity index is 1830. The summed E-state index contributed by atoms with van der Waals surface area (Å²) >= 11 is 0. The Balaban J connectivity index is 1.44. The first kappa shape index (κ1) is 40.8. The molecule has 1 fully saturated rings. The fourth-order valence-corrected chi connectivity index (χ4v) is 6.51. The molecule has 55 heavy (non-hydrogen) atoms. The van der Waals surface area contributed by atoms with Crippen LogP contribution in [0.1, 0.15) is 69.4 Å². The second-order valence-electron chi connectivity index (χ2n) is 15.9. The van der Waals surface area contributed by atoms with E-state index in [0.29, 0.717) is 39.3 Å². The minimum Gasteiger partial charge on any atom is -0.444 e. The van der Waals surface area contributed by atoms with E-state index in [1.165, 1.54) is 0 Å². The van der Waals surface area contributed by atoms with E-state index in [4.69, 9.17) is 9.47 Å². The van der Waals surface area contributed by atoms with Crippen molar-refractivity contribution in [2.45, 2.75) is 59.3 Å². The number of amides is 3. The van der Waals surface area contributed by atoms with Gasteiger partial charge in [-0.15, -0.1) is 0 Å². The van der Waals surface area contributed by atoms with Crippen LogP contribution in [0.25, 0.3) is 11.1 Å². The average molecular weight is 745 g/mol. The molecular weight excluding hydrogens is 689 g/mol. The van der Waals surface area contributed by atoms with E-state index >= 15 is 0 Å². The molecule has 290 valence electrons. The molecule has 0 radical (unpaired) electrons. The van der Waals surface area contributed by atoms with Crippen LogP contribution in [-0.2, 0) is 20.8 Å². The van der Waals surface area contributed by atoms with Gasteiger partial charge in [-0.2, -0.15) is 0 Å². The van der Waals surface area contributed by atoms with E-state index in [1.807, 2.05) is 59.7 Å². The molecule has 0 spiro atoms. The van der Waals surface area contributed by atoms with Gasteiger partial charge in [0, 0.05) is 58.9 Å². The van der Waals surface area contributed by atoms with Crippen LogP contribution in [0, 0.1) is 0 Å². The van der Waals surface area contributed by atoms with Crippen molar-refractivity contribution in [3.63, 3.8) is 0 Å². The third-order valence-corrected chi connectivity index (χ3v) is 9.23. The van der Waals surface area contributed by atoms with E-state index in [-0.39, 0.29) is 19.6 Å². The van der Waals surface area contributed by atoms with E-state index in [9.17, 15) is 14.4 Å². The van der Waals surface area contributed by atoms with Crippen molar-refractivity contribution in [1.29, 1.82) is 0 Å². The summed E-state index contributed by atoms with van der Waals surface area (Å²) in [7, 11) is 0. The topological polar surface area (TPSA) is 82.6 Å². The van der Waals surface area contributed by atoms with Crippen LogP contribution in [0.5, 0.6) is 0 Å². The summed E-state index contributed by atoms with van der Waals surface area (Å²) < 4.78 is 11.5. The van der Waals surface area contributed by atoms with Gasteiger partial charge in [0.15, 0.2) is 0 Å². The van der Waals surface area contributed by atoms with Crippen molar-refractivity contribution in [3.05, 3.63) is 143 Å². The van der Waals surface area contributed by atoms with Gasteiger partial charge in [-0.25, -0.2) is 9.59 Å². The number of nitrogens with zero attached hydrogens (tertiary/aromatic N) is 4. The first-order valence-corrected chi connectivity index (χ1v) is 19.2. The van der Waals surface area contributed by atoms with Gasteiger partial charge in [0.1, 0.15) is 11.2 Å². The van der Waals surface area contributed by atoms with Crippen LogP contribution in [-0.4, -0.2) is 102 Å². The highest BCUT2D eigenvalue weighted by molar-refractivity contribution is 6.04. The first-order valence-electron chi connectivity index (χ1n) is 19.2. The molecule has 1 heterocycles. The molecule has 5 rings (SSSR count). The van der Waals surface area contributed by atoms with Gasteiger partial charge in [0.25, 0.3) is 0 Å². The van der Waals surface area contributed by atoms with E-state index in [2.05, 4.69) is 102 Å². The van der Waals surface area contributed by atoms with Crippen molar-refractivity contribution in [1.82, 2.24) is 19.6 Å². The SMILES string of the molecule is CC(C)(C)OC(=O)N1CCN(C=O)CCN(Cc2ccc(C(=C(c3ccccc3)c3ccccc3)c3ccccc3)cc2)CCN(C(=O)OC(C)(C)C)CC1. The van der Waals surface area contributed by atoms with E-state index < -0.39 is 23.4 Å². The summed E-state index contributed by atoms with van der Waals surface area (Å²) in [4.78, 5) is 46.0. The lowest BCUT2D eigenvalue weighted by Gasteiger charge is -2.34. The van der Waals surface area contributed by atoms with Crippen LogP contribution in [0.3, 0.4) is 0 Å². The molecule has 3 amide bonds. The Morgan fingerprint density at radius 1 is 0.509 bits per heavy atom. The monoisotopic (exact) mass is 744 g/mol. The number of rotatable bonds is 7. The number of benzene rings is 4. The largest absolute Gasteiger partial charge is 0.444 e. The molecule has 4 aromatic carbocycles. The fraction of sp³-hybridized carbons (Fsp3) is 0.370. The number of carbonyl (C=O) groups is 3. The first-order chi connectivity index (χ1) is 26.3. The highest BCUT2D eigenvalue weighted by atomic mass is 16.6. The van der Waals surface area contributed by atoms with Gasteiger partial charge in [-0.3, -0.25) is 9.69 Å². The zero-order valence-corrected chi connectivity index (χ0v) is 33.2. The van der Waals surface area contributed by atoms with Crippen LogP contribution >= 0.6 is 0 Å². The lowest BCUT2D eigenvalue weighted by molar-refractivity contribution is -0.118. The molecule has 1 aliphatic rings. The third kappa shape index (κ3) is 12.3. The molecule has 0 unspecified atom stereocenters. The predicted molar refractivity (Wildman–Crippen MR) is 219 cm³/mol. The lowest BCUT2D eigenvalue weighted by atomic mass is 9.85. The Morgan fingerprint density at radius 2 is 0.855 bits per heavy atom. The molecule has 4 aromatic rings. The summed E-state index contributed by atoms with van der Waals surface area (Å²) in [5.74, 6) is 0. The summed E-state index contributed by atoms with van der Waals surface area (Å²) in [5, 5.41) is 0. The van der Waals surface area contributed by atoms with Gasteiger partial charge in [0.05, 0.1) is 0 Å². The van der Waals surface area contributed by atoms with E-state index in [1.54, 1.807) is 14.7 Å². The van der Waals surface area contributed by atoms with Crippen LogP contribution in [0.15, 0.2) is 115 Å². The molecule has 1 aliphatic heterocycles. The van der Waals surface area contributed by atoms with Crippen molar-refractivity contribution in [2.24, 2.45) is 0 Å². The standard InChI is InChI=1S/C46H56N4O5/c1-45(2,3)54-43(52)49-30-28-47(26-27-48(35-51)29-31-50(33-32-49)44(53)55-46(4,5)6)34-36-22-24-40(25-23-36)42(39-20-14-9-15-21-39)41(37-16-10-7-11-17-37)38-18-12-8-13-19-38/h7-25,35H,26-34H2,1-6H3. The van der Waals surface area contributed by atoms with E-state index in [0.717, 1.165) is 45.4 Å². The number of carbonyl (C=O) groups excluding carboxylic acids is 3. The van der Waals surface area contributed by atoms with Crippen molar-refractivity contribution >= 4 is 29.7 Å². The zero-order valence-electron chi connectivity index (χ0n) is 33.2. The Labute approximate surface area is 327 Å². The third-order valence-electron chi connectivity index (χ3n) is 9.23. The van der Waals surface area contributed by atoms with Gasteiger partial charge in [0.2, 0.25) is 6.41 Å². The number of hydrogen-bond donors (Lipinski definition) is 0. The smallest absolute Gasteiger partial charge is 0.410 e. The van der Waals surface area contributed by atoms with Gasteiger partial charge in [-0.1, -0.05) is 115 Å². The Kier molecular flexibility index (Phi) is 13.9. The summed E-state index contributed by atoms with van der Waals surface area (Å²) in [6.07, 6.45) is -0.0667. The lowest BCUT2D eigenvalue weighted by Crippen LogP contribution is -2.49. The quantitative estimate of drug-likeness (QED) is 0.140. The van der Waals surface area contributed by atoms with Gasteiger partial charge in [-0.05, 0) is 80.5 Å². The highest BCUT2D eigenvalue weighted by Crippen LogP contribution is 2.37.